The van der Waals surface area contributed by atoms with Crippen molar-refractivity contribution in [3.8, 4) is 5.75 Å². The first kappa shape index (κ1) is 27.6. The monoisotopic (exact) mass is 536 g/mol. The van der Waals surface area contributed by atoms with Crippen molar-refractivity contribution in [3.05, 3.63) is 29.3 Å². The van der Waals surface area contributed by atoms with Crippen LogP contribution >= 0.6 is 0 Å². The number of benzene rings is 1. The van der Waals surface area contributed by atoms with E-state index in [2.05, 4.69) is 0 Å². The van der Waals surface area contributed by atoms with E-state index in [1.165, 1.54) is 13.0 Å². The number of carbonyl (C=O) groups excluding carboxylic acids is 6. The van der Waals surface area contributed by atoms with E-state index in [0.29, 0.717) is 18.4 Å². The minimum absolute atomic E-state index is 0.0387. The first-order valence-corrected chi connectivity index (χ1v) is 13.8. The minimum Gasteiger partial charge on any atom is -0.507 e. The Balaban J connectivity index is 1.86. The van der Waals surface area contributed by atoms with Crippen molar-refractivity contribution in [1.82, 2.24) is 0 Å². The Bertz CT molecular complexity index is 1350. The smallest absolute Gasteiger partial charge is 0.190 e. The average Bonchev–Trinajstić information content (AvgIpc) is 3.68. The molecular formula is C31H36O8. The van der Waals surface area contributed by atoms with Crippen molar-refractivity contribution in [2.24, 2.45) is 46.3 Å². The molecule has 8 atom stereocenters. The second-order valence-corrected chi connectivity index (χ2v) is 13.0. The topological polar surface area (TPSA) is 143 Å². The number of phenols is 1. The quantitative estimate of drug-likeness (QED) is 0.546. The van der Waals surface area contributed by atoms with E-state index in [9.17, 15) is 39.0 Å². The van der Waals surface area contributed by atoms with Crippen LogP contribution in [0, 0.1) is 46.3 Å². The van der Waals surface area contributed by atoms with Gasteiger partial charge in [0.05, 0.1) is 11.5 Å². The lowest BCUT2D eigenvalue weighted by atomic mass is 9.34. The lowest BCUT2D eigenvalue weighted by Crippen LogP contribution is -2.80. The highest BCUT2D eigenvalue weighted by molar-refractivity contribution is 6.32. The lowest BCUT2D eigenvalue weighted by molar-refractivity contribution is -0.225. The van der Waals surface area contributed by atoms with Gasteiger partial charge < -0.3 is 10.2 Å². The number of rotatable bonds is 5. The molecular weight excluding hydrogens is 500 g/mol. The molecule has 3 saturated carbocycles. The van der Waals surface area contributed by atoms with Crippen LogP contribution in [-0.4, -0.2) is 50.5 Å². The van der Waals surface area contributed by atoms with Gasteiger partial charge in [-0.1, -0.05) is 46.8 Å². The van der Waals surface area contributed by atoms with E-state index in [4.69, 9.17) is 0 Å². The molecule has 1 aromatic carbocycles. The van der Waals surface area contributed by atoms with Crippen LogP contribution in [0.15, 0.2) is 18.2 Å². The van der Waals surface area contributed by atoms with Gasteiger partial charge in [0.2, 0.25) is 0 Å². The zero-order chi connectivity index (χ0) is 29.0. The predicted molar refractivity (Wildman–Crippen MR) is 139 cm³/mol. The number of carbonyl (C=O) groups is 6. The van der Waals surface area contributed by atoms with E-state index in [-0.39, 0.29) is 29.4 Å². The summed E-state index contributed by atoms with van der Waals surface area (Å²) < 4.78 is 0. The summed E-state index contributed by atoms with van der Waals surface area (Å²) in [6.07, 6.45) is 1.31. The van der Waals surface area contributed by atoms with E-state index >= 15 is 0 Å². The standard InChI is InChI=1S/C31H36O8/c1-13(2)23-25(35)21(15(4)32)27(37)31(39)28(38)24-26(36)22-17(8-7-9-18(22)33)14(3)29(24,5)20(30(23,31)6)12-19(34)16-10-11-16/h7-9,13-14,16,20-21,23-24,33,39H,10-12H2,1-6H3/t14?,20-,21?,23?,24?,29-,30-,31+/m1/s1. The average molecular weight is 537 g/mol. The summed E-state index contributed by atoms with van der Waals surface area (Å²) in [5.41, 5.74) is -5.39. The van der Waals surface area contributed by atoms with Crippen molar-refractivity contribution in [2.45, 2.75) is 72.3 Å². The summed E-state index contributed by atoms with van der Waals surface area (Å²) in [6.45, 7) is 9.65. The fraction of sp³-hybridized carbons (Fsp3) is 0.613. The van der Waals surface area contributed by atoms with Crippen LogP contribution in [0.3, 0.4) is 0 Å². The second kappa shape index (κ2) is 8.50. The maximum absolute atomic E-state index is 14.6. The molecule has 4 unspecified atom stereocenters. The molecule has 4 aliphatic carbocycles. The number of hydrogen-bond acceptors (Lipinski definition) is 8. The summed E-state index contributed by atoms with van der Waals surface area (Å²) in [5, 5.41) is 23.1. The molecule has 0 amide bonds. The molecule has 0 spiro atoms. The summed E-state index contributed by atoms with van der Waals surface area (Å²) in [6, 6.07) is 4.66. The van der Waals surface area contributed by atoms with E-state index in [0.717, 1.165) is 6.92 Å². The number of aliphatic hydroxyl groups is 1. The Labute approximate surface area is 227 Å². The zero-order valence-electron chi connectivity index (χ0n) is 23.2. The molecule has 2 N–H and O–H groups in total. The van der Waals surface area contributed by atoms with Crippen molar-refractivity contribution in [3.63, 3.8) is 0 Å². The van der Waals surface area contributed by atoms with Gasteiger partial charge in [-0.25, -0.2) is 0 Å². The fourth-order valence-corrected chi connectivity index (χ4v) is 8.73. The number of phenolic OH excluding ortho intramolecular Hbond substituents is 1. The maximum atomic E-state index is 14.6. The van der Waals surface area contributed by atoms with Gasteiger partial charge in [0.1, 0.15) is 23.2 Å². The SMILES string of the molecule is CC(=O)C1C(=O)C(C(C)C)[C@@]2(C)[C@H](CC(=O)C3CC3)[C@]3(C)C(C(=O)c4c(O)cccc4C3C)C(=O)[C@@]2(O)C1=O. The van der Waals surface area contributed by atoms with Gasteiger partial charge in [-0.2, -0.15) is 0 Å². The number of ketones is 6. The molecule has 0 aromatic heterocycles. The van der Waals surface area contributed by atoms with Crippen molar-refractivity contribution >= 4 is 34.7 Å². The van der Waals surface area contributed by atoms with E-state index in [1.807, 2.05) is 6.92 Å². The lowest BCUT2D eigenvalue weighted by Gasteiger charge is -2.67. The fourth-order valence-electron chi connectivity index (χ4n) is 8.73. The van der Waals surface area contributed by atoms with Crippen molar-refractivity contribution < 1.29 is 39.0 Å². The van der Waals surface area contributed by atoms with Crippen LogP contribution in [0.4, 0.5) is 0 Å². The zero-order valence-corrected chi connectivity index (χ0v) is 23.2. The van der Waals surface area contributed by atoms with Gasteiger partial charge in [-0.3, -0.25) is 28.8 Å². The highest BCUT2D eigenvalue weighted by Crippen LogP contribution is 2.70. The Morgan fingerprint density at radius 1 is 1.05 bits per heavy atom. The minimum atomic E-state index is -2.85. The van der Waals surface area contributed by atoms with Crippen LogP contribution in [-0.2, 0) is 24.0 Å². The molecule has 0 heterocycles. The molecule has 0 aliphatic heterocycles. The largest absolute Gasteiger partial charge is 0.507 e. The van der Waals surface area contributed by atoms with Gasteiger partial charge in [0.15, 0.2) is 28.7 Å². The van der Waals surface area contributed by atoms with Crippen molar-refractivity contribution in [1.29, 1.82) is 0 Å². The highest BCUT2D eigenvalue weighted by Gasteiger charge is 2.80. The molecule has 8 nitrogen and oxygen atoms in total. The number of fused-ring (bicyclic) bond motifs is 3. The third kappa shape index (κ3) is 3.21. The van der Waals surface area contributed by atoms with Crippen LogP contribution in [0.1, 0.15) is 82.6 Å². The van der Waals surface area contributed by atoms with Crippen LogP contribution < -0.4 is 0 Å². The first-order chi connectivity index (χ1) is 18.1. The molecule has 5 rings (SSSR count). The first-order valence-electron chi connectivity index (χ1n) is 13.8. The van der Waals surface area contributed by atoms with E-state index < -0.39 is 80.9 Å². The normalized spacial score (nSPS) is 39.7. The predicted octanol–water partition coefficient (Wildman–Crippen LogP) is 3.25. The van der Waals surface area contributed by atoms with Gasteiger partial charge in [-0.15, -0.1) is 0 Å². The van der Waals surface area contributed by atoms with Gasteiger partial charge >= 0.3 is 0 Å². The number of aromatic hydroxyl groups is 1. The Hall–Kier alpha value is -3.00. The summed E-state index contributed by atoms with van der Waals surface area (Å²) in [4.78, 5) is 82.7. The second-order valence-electron chi connectivity index (χ2n) is 13.0. The molecule has 208 valence electrons. The molecule has 0 radical (unpaired) electrons. The summed E-state index contributed by atoms with van der Waals surface area (Å²) >= 11 is 0. The third-order valence-electron chi connectivity index (χ3n) is 10.8. The van der Waals surface area contributed by atoms with Gasteiger partial charge in [0.25, 0.3) is 0 Å². The molecule has 0 bridgehead atoms. The van der Waals surface area contributed by atoms with Crippen LogP contribution in [0.2, 0.25) is 0 Å². The summed E-state index contributed by atoms with van der Waals surface area (Å²) in [5.74, 6) is -11.4. The molecule has 4 aliphatic rings. The Kier molecular flexibility index (Phi) is 6.01. The van der Waals surface area contributed by atoms with Crippen molar-refractivity contribution in [2.75, 3.05) is 0 Å². The molecule has 8 heteroatoms. The summed E-state index contributed by atoms with van der Waals surface area (Å²) in [7, 11) is 0. The van der Waals surface area contributed by atoms with E-state index in [1.54, 1.807) is 32.9 Å². The van der Waals surface area contributed by atoms with Crippen LogP contribution in [0.5, 0.6) is 5.75 Å². The molecule has 3 fully saturated rings. The van der Waals surface area contributed by atoms with Gasteiger partial charge in [-0.05, 0) is 54.6 Å². The Morgan fingerprint density at radius 3 is 2.21 bits per heavy atom. The Morgan fingerprint density at radius 2 is 1.67 bits per heavy atom. The molecule has 39 heavy (non-hydrogen) atoms. The third-order valence-corrected chi connectivity index (χ3v) is 10.8. The van der Waals surface area contributed by atoms with Gasteiger partial charge in [0, 0.05) is 23.7 Å². The molecule has 1 aromatic rings. The highest BCUT2D eigenvalue weighted by atomic mass is 16.3. The number of Topliss-reactive ketones (excluding diaryl/α,β-unsaturated/α-hetero) is 6. The van der Waals surface area contributed by atoms with Crippen LogP contribution in [0.25, 0.3) is 0 Å². The molecule has 0 saturated heterocycles. The number of hydrogen-bond donors (Lipinski definition) is 2. The maximum Gasteiger partial charge on any atom is 0.190 e.